The minimum atomic E-state index is -4.53. The van der Waals surface area contributed by atoms with E-state index in [0.717, 1.165) is 31.4 Å². The molecule has 0 saturated heterocycles. The van der Waals surface area contributed by atoms with Crippen molar-refractivity contribution >= 4 is 0 Å². The number of halogens is 6. The summed E-state index contributed by atoms with van der Waals surface area (Å²) in [6.07, 6.45) is -0.266. The molecular weight excluding hydrogens is 408 g/mol. The van der Waals surface area contributed by atoms with E-state index in [1.54, 1.807) is 0 Å². The molecular formula is C22H19F6NO. The molecule has 2 nitrogen and oxygen atoms in total. The molecule has 3 rings (SSSR count). The van der Waals surface area contributed by atoms with Crippen molar-refractivity contribution in [2.45, 2.75) is 51.1 Å². The van der Waals surface area contributed by atoms with Gasteiger partial charge in [0.2, 0.25) is 0 Å². The summed E-state index contributed by atoms with van der Waals surface area (Å²) in [6, 6.07) is 3.68. The highest BCUT2D eigenvalue weighted by atomic mass is 19.3. The maximum atomic E-state index is 14.5. The maximum Gasteiger partial charge on any atom is 0.432 e. The van der Waals surface area contributed by atoms with E-state index in [4.69, 9.17) is 5.26 Å². The van der Waals surface area contributed by atoms with E-state index >= 15 is 0 Å². The summed E-state index contributed by atoms with van der Waals surface area (Å²) in [5.41, 5.74) is -2.32. The molecule has 1 fully saturated rings. The fourth-order valence-corrected chi connectivity index (χ4v) is 3.93. The molecule has 2 aromatic rings. The molecule has 0 bridgehead atoms. The summed E-state index contributed by atoms with van der Waals surface area (Å²) in [5.74, 6) is -6.42. The van der Waals surface area contributed by atoms with Crippen LogP contribution in [-0.2, 0) is 6.11 Å². The smallest absolute Gasteiger partial charge is 0.429 e. The highest BCUT2D eigenvalue weighted by Gasteiger charge is 2.42. The number of nitriles is 1. The summed E-state index contributed by atoms with van der Waals surface area (Å²) >= 11 is 0. The zero-order valence-electron chi connectivity index (χ0n) is 16.1. The lowest BCUT2D eigenvalue weighted by Crippen LogP contribution is -2.26. The molecule has 0 amide bonds. The van der Waals surface area contributed by atoms with Crippen LogP contribution < -0.4 is 4.74 Å². The molecule has 160 valence electrons. The molecule has 1 aliphatic carbocycles. The molecule has 0 aliphatic heterocycles. The van der Waals surface area contributed by atoms with Crippen LogP contribution in [-0.4, -0.2) is 0 Å². The summed E-state index contributed by atoms with van der Waals surface area (Å²) < 4.78 is 89.4. The lowest BCUT2D eigenvalue weighted by Gasteiger charge is -2.28. The third kappa shape index (κ3) is 4.40. The molecule has 30 heavy (non-hydrogen) atoms. The monoisotopic (exact) mass is 427 g/mol. The van der Waals surface area contributed by atoms with Crippen molar-refractivity contribution in [2.75, 3.05) is 0 Å². The van der Waals surface area contributed by atoms with Crippen molar-refractivity contribution in [2.24, 2.45) is 5.92 Å². The van der Waals surface area contributed by atoms with E-state index in [1.807, 2.05) is 0 Å². The predicted molar refractivity (Wildman–Crippen MR) is 96.9 cm³/mol. The van der Waals surface area contributed by atoms with Gasteiger partial charge < -0.3 is 4.74 Å². The van der Waals surface area contributed by atoms with Gasteiger partial charge in [-0.1, -0.05) is 13.3 Å². The van der Waals surface area contributed by atoms with Gasteiger partial charge in [0.25, 0.3) is 0 Å². The van der Waals surface area contributed by atoms with Crippen LogP contribution in [0.2, 0.25) is 0 Å². The topological polar surface area (TPSA) is 33.0 Å². The van der Waals surface area contributed by atoms with Crippen molar-refractivity contribution in [3.63, 3.8) is 0 Å². The van der Waals surface area contributed by atoms with Crippen LogP contribution in [0.1, 0.15) is 61.6 Å². The lowest BCUT2D eigenvalue weighted by molar-refractivity contribution is -0.189. The van der Waals surface area contributed by atoms with E-state index in [0.29, 0.717) is 36.5 Å². The Morgan fingerprint density at radius 3 is 1.93 bits per heavy atom. The minimum Gasteiger partial charge on any atom is -0.429 e. The van der Waals surface area contributed by atoms with Gasteiger partial charge in [0.05, 0.1) is 0 Å². The number of hydrogen-bond donors (Lipinski definition) is 0. The minimum absolute atomic E-state index is 0.123. The van der Waals surface area contributed by atoms with E-state index in [-0.39, 0.29) is 5.92 Å². The molecule has 2 aromatic carbocycles. The average Bonchev–Trinajstić information content (AvgIpc) is 2.66. The van der Waals surface area contributed by atoms with E-state index in [1.165, 1.54) is 6.07 Å². The Morgan fingerprint density at radius 2 is 1.47 bits per heavy atom. The maximum absolute atomic E-state index is 14.5. The van der Waals surface area contributed by atoms with Crippen molar-refractivity contribution in [1.82, 2.24) is 0 Å². The lowest BCUT2D eigenvalue weighted by atomic mass is 9.77. The molecule has 0 atom stereocenters. The third-order valence-corrected chi connectivity index (χ3v) is 5.62. The van der Waals surface area contributed by atoms with Crippen LogP contribution >= 0.6 is 0 Å². The van der Waals surface area contributed by atoms with Crippen LogP contribution in [0.5, 0.6) is 5.75 Å². The zero-order chi connectivity index (χ0) is 22.1. The van der Waals surface area contributed by atoms with Gasteiger partial charge in [0, 0.05) is 12.1 Å². The Morgan fingerprint density at radius 1 is 0.933 bits per heavy atom. The van der Waals surface area contributed by atoms with Crippen molar-refractivity contribution < 1.29 is 31.1 Å². The molecule has 1 saturated carbocycles. The van der Waals surface area contributed by atoms with E-state index < -0.39 is 46.3 Å². The number of hydrogen-bond acceptors (Lipinski definition) is 2. The van der Waals surface area contributed by atoms with Gasteiger partial charge in [-0.05, 0) is 55.2 Å². The van der Waals surface area contributed by atoms with Crippen LogP contribution in [0.3, 0.4) is 0 Å². The van der Waals surface area contributed by atoms with E-state index in [9.17, 15) is 26.3 Å². The molecule has 0 aromatic heterocycles. The predicted octanol–water partition coefficient (Wildman–Crippen LogP) is 6.93. The molecule has 0 unspecified atom stereocenters. The second kappa shape index (κ2) is 8.58. The van der Waals surface area contributed by atoms with Gasteiger partial charge in [0.15, 0.2) is 0 Å². The zero-order valence-corrected chi connectivity index (χ0v) is 16.1. The Balaban J connectivity index is 1.87. The summed E-state index contributed by atoms with van der Waals surface area (Å²) in [5, 5.41) is 8.62. The van der Waals surface area contributed by atoms with E-state index in [2.05, 4.69) is 11.7 Å². The van der Waals surface area contributed by atoms with Crippen LogP contribution in [0.15, 0.2) is 24.3 Å². The van der Waals surface area contributed by atoms with Gasteiger partial charge in [-0.25, -0.2) is 17.6 Å². The first-order valence-electron chi connectivity index (χ1n) is 9.61. The van der Waals surface area contributed by atoms with Gasteiger partial charge in [-0.15, -0.1) is 0 Å². The average molecular weight is 427 g/mol. The fraction of sp³-hybridized carbons (Fsp3) is 0.409. The summed E-state index contributed by atoms with van der Waals surface area (Å²) in [4.78, 5) is 0. The van der Waals surface area contributed by atoms with Gasteiger partial charge in [-0.3, -0.25) is 0 Å². The highest BCUT2D eigenvalue weighted by molar-refractivity contribution is 5.39. The van der Waals surface area contributed by atoms with Crippen molar-refractivity contribution in [3.05, 3.63) is 64.2 Å². The number of alkyl halides is 2. The normalized spacial score (nSPS) is 19.4. The quantitative estimate of drug-likeness (QED) is 0.485. The van der Waals surface area contributed by atoms with Gasteiger partial charge in [0.1, 0.15) is 46.2 Å². The molecule has 0 radical (unpaired) electrons. The Kier molecular flexibility index (Phi) is 6.30. The Hall–Kier alpha value is -2.69. The Labute approximate surface area is 170 Å². The molecule has 0 spiro atoms. The van der Waals surface area contributed by atoms with Crippen molar-refractivity contribution in [3.8, 4) is 11.8 Å². The highest BCUT2D eigenvalue weighted by Crippen LogP contribution is 2.41. The summed E-state index contributed by atoms with van der Waals surface area (Å²) in [7, 11) is 0. The molecule has 0 heterocycles. The first kappa shape index (κ1) is 22.0. The fourth-order valence-electron chi connectivity index (χ4n) is 3.93. The third-order valence-electron chi connectivity index (χ3n) is 5.62. The van der Waals surface area contributed by atoms with Crippen LogP contribution in [0.25, 0.3) is 0 Å². The molecule has 1 aliphatic rings. The van der Waals surface area contributed by atoms with Crippen LogP contribution in [0, 0.1) is 40.5 Å². The van der Waals surface area contributed by atoms with Crippen LogP contribution in [0.4, 0.5) is 26.3 Å². The summed E-state index contributed by atoms with van der Waals surface area (Å²) in [6.45, 7) is 2.08. The number of rotatable bonds is 5. The Bertz CT molecular complexity index is 930. The SMILES string of the molecule is CC[C@H]1CC[C@H](c2cc(F)c(C(F)(F)Oc3cc(F)c(C#N)c(F)c3)c(F)c2)CC1. The second-order valence-corrected chi connectivity index (χ2v) is 7.48. The second-order valence-electron chi connectivity index (χ2n) is 7.48. The first-order valence-corrected chi connectivity index (χ1v) is 9.61. The molecule has 8 heteroatoms. The number of benzene rings is 2. The van der Waals surface area contributed by atoms with Gasteiger partial charge >= 0.3 is 6.11 Å². The molecule has 0 N–H and O–H groups in total. The first-order chi connectivity index (χ1) is 14.2. The number of ether oxygens (including phenoxy) is 1. The van der Waals surface area contributed by atoms with Gasteiger partial charge in [-0.2, -0.15) is 14.0 Å². The number of nitrogens with zero attached hydrogens (tertiary/aromatic N) is 1. The van der Waals surface area contributed by atoms with Crippen molar-refractivity contribution in [1.29, 1.82) is 5.26 Å². The largest absolute Gasteiger partial charge is 0.432 e. The standard InChI is InChI=1S/C22H19F6NO/c1-2-12-3-5-13(6-4-12)14-7-19(25)21(20(26)8-14)22(27,28)30-15-9-17(23)16(11-29)18(24)10-15/h7-10,12-13H,2-6H2,1H3/t12-,13-.